The topological polar surface area (TPSA) is 0 Å². The lowest BCUT2D eigenvalue weighted by atomic mass is 9.87. The maximum Gasteiger partial charge on any atom is -0.0139 e. The molecule has 0 heterocycles. The van der Waals surface area contributed by atoms with Crippen LogP contribution in [0.5, 0.6) is 0 Å². The molecule has 9 heavy (non-hydrogen) atoms. The SMILES string of the molecule is C[CH][C]1[CH]C2[CH][CH]C1C2. The Morgan fingerprint density at radius 2 is 2.44 bits per heavy atom. The molecular formula is C9H11. The molecule has 0 N–H and O–H groups in total. The number of rotatable bonds is 1. The summed E-state index contributed by atoms with van der Waals surface area (Å²) < 4.78 is 0. The van der Waals surface area contributed by atoms with E-state index in [0.29, 0.717) is 0 Å². The van der Waals surface area contributed by atoms with E-state index in [4.69, 9.17) is 0 Å². The molecule has 0 aromatic rings. The molecule has 0 nitrogen and oxygen atoms in total. The van der Waals surface area contributed by atoms with Crippen LogP contribution < -0.4 is 0 Å². The first-order valence-corrected chi connectivity index (χ1v) is 3.59. The monoisotopic (exact) mass is 119 g/mol. The molecule has 0 saturated heterocycles. The molecule has 0 amide bonds. The van der Waals surface area contributed by atoms with Crippen molar-refractivity contribution in [1.82, 2.24) is 0 Å². The quantitative estimate of drug-likeness (QED) is 0.495. The highest BCUT2D eigenvalue weighted by molar-refractivity contribution is 5.34. The second-order valence-corrected chi connectivity index (χ2v) is 2.85. The molecule has 47 valence electrons. The summed E-state index contributed by atoms with van der Waals surface area (Å²) in [5.74, 6) is 3.10. The molecule has 2 rings (SSSR count). The molecule has 0 aromatic carbocycles. The third-order valence-corrected chi connectivity index (χ3v) is 2.28. The van der Waals surface area contributed by atoms with Crippen molar-refractivity contribution in [2.24, 2.45) is 11.8 Å². The van der Waals surface area contributed by atoms with E-state index in [9.17, 15) is 0 Å². The van der Waals surface area contributed by atoms with Crippen LogP contribution in [0.25, 0.3) is 0 Å². The first kappa shape index (κ1) is 5.76. The van der Waals surface area contributed by atoms with Gasteiger partial charge in [-0.25, -0.2) is 0 Å². The standard InChI is InChI=1S/C9H11/c1-2-8-5-7-3-4-9(8)6-7/h2-5,7,9H,6H2,1H3. The maximum absolute atomic E-state index is 2.38. The van der Waals surface area contributed by atoms with Gasteiger partial charge >= 0.3 is 0 Å². The zero-order valence-electron chi connectivity index (χ0n) is 5.67. The largest absolute Gasteiger partial charge is 0.0617 e. The molecule has 2 saturated carbocycles. The van der Waals surface area contributed by atoms with Crippen LogP contribution in [0.1, 0.15) is 13.3 Å². The second kappa shape index (κ2) is 2.00. The van der Waals surface area contributed by atoms with Gasteiger partial charge in [0.2, 0.25) is 0 Å². The van der Waals surface area contributed by atoms with Gasteiger partial charge in [0.15, 0.2) is 0 Å². The lowest BCUT2D eigenvalue weighted by Crippen LogP contribution is -2.08. The Labute approximate surface area is 57.6 Å². The fourth-order valence-corrected chi connectivity index (χ4v) is 1.78. The fraction of sp³-hybridized carbons (Fsp3) is 0.444. The summed E-state index contributed by atoms with van der Waals surface area (Å²) in [6.45, 7) is 2.13. The van der Waals surface area contributed by atoms with E-state index in [2.05, 4.69) is 32.6 Å². The fourth-order valence-electron chi connectivity index (χ4n) is 1.78. The van der Waals surface area contributed by atoms with Crippen molar-refractivity contribution in [2.75, 3.05) is 0 Å². The van der Waals surface area contributed by atoms with Crippen molar-refractivity contribution < 1.29 is 0 Å². The first-order valence-electron chi connectivity index (χ1n) is 3.59. The third-order valence-electron chi connectivity index (χ3n) is 2.28. The molecule has 0 aliphatic heterocycles. The van der Waals surface area contributed by atoms with E-state index in [1.165, 1.54) is 6.42 Å². The predicted octanol–water partition coefficient (Wildman–Crippen LogP) is 2.05. The van der Waals surface area contributed by atoms with Crippen LogP contribution in [0, 0.1) is 43.4 Å². The van der Waals surface area contributed by atoms with Crippen molar-refractivity contribution >= 4 is 0 Å². The first-order chi connectivity index (χ1) is 4.40. The van der Waals surface area contributed by atoms with Gasteiger partial charge in [-0.05, 0) is 49.9 Å². The van der Waals surface area contributed by atoms with Crippen molar-refractivity contribution in [3.8, 4) is 0 Å². The predicted molar refractivity (Wildman–Crippen MR) is 37.7 cm³/mol. The van der Waals surface area contributed by atoms with Gasteiger partial charge in [-0.3, -0.25) is 0 Å². The lowest BCUT2D eigenvalue weighted by molar-refractivity contribution is 0.712. The van der Waals surface area contributed by atoms with E-state index in [1.807, 2.05) is 0 Å². The van der Waals surface area contributed by atoms with Gasteiger partial charge in [-0.2, -0.15) is 0 Å². The molecule has 2 aliphatic carbocycles. The van der Waals surface area contributed by atoms with E-state index < -0.39 is 0 Å². The average molecular weight is 119 g/mol. The van der Waals surface area contributed by atoms with Crippen LogP contribution in [0.15, 0.2) is 0 Å². The zero-order valence-corrected chi connectivity index (χ0v) is 5.67. The molecule has 2 atom stereocenters. The lowest BCUT2D eigenvalue weighted by Gasteiger charge is -2.17. The Bertz CT molecular complexity index is 107. The smallest absolute Gasteiger partial charge is 0.0139 e. The summed E-state index contributed by atoms with van der Waals surface area (Å²) in [5, 5.41) is 0. The van der Waals surface area contributed by atoms with Crippen molar-refractivity contribution in [2.45, 2.75) is 13.3 Å². The Morgan fingerprint density at radius 1 is 1.56 bits per heavy atom. The normalized spacial score (nSPS) is 42.3. The van der Waals surface area contributed by atoms with Gasteiger partial charge in [0.25, 0.3) is 0 Å². The van der Waals surface area contributed by atoms with Crippen molar-refractivity contribution in [3.05, 3.63) is 31.6 Å². The Kier molecular flexibility index (Phi) is 1.28. The molecule has 2 unspecified atom stereocenters. The highest BCUT2D eigenvalue weighted by Crippen LogP contribution is 2.48. The molecule has 0 heteroatoms. The van der Waals surface area contributed by atoms with E-state index >= 15 is 0 Å². The van der Waals surface area contributed by atoms with Gasteiger partial charge in [0.1, 0.15) is 0 Å². The number of fused-ring (bicyclic) bond motifs is 2. The van der Waals surface area contributed by atoms with Gasteiger partial charge in [-0.1, -0.05) is 6.92 Å². The Hall–Kier alpha value is 0. The van der Waals surface area contributed by atoms with Crippen molar-refractivity contribution in [1.29, 1.82) is 0 Å². The van der Waals surface area contributed by atoms with E-state index in [0.717, 1.165) is 11.8 Å². The summed E-state index contributed by atoms with van der Waals surface area (Å²) in [6.07, 6.45) is 10.6. The van der Waals surface area contributed by atoms with Gasteiger partial charge in [0, 0.05) is 0 Å². The molecule has 0 spiro atoms. The molecule has 0 aromatic heterocycles. The van der Waals surface area contributed by atoms with Crippen LogP contribution in [0.4, 0.5) is 0 Å². The Balaban J connectivity index is 2.01. The van der Waals surface area contributed by atoms with Crippen LogP contribution in [-0.2, 0) is 0 Å². The molecular weight excluding hydrogens is 108 g/mol. The van der Waals surface area contributed by atoms with Gasteiger partial charge in [-0.15, -0.1) is 0 Å². The Morgan fingerprint density at radius 3 is 2.78 bits per heavy atom. The minimum atomic E-state index is 0.778. The van der Waals surface area contributed by atoms with Crippen LogP contribution in [0.3, 0.4) is 0 Å². The molecule has 2 bridgehead atoms. The van der Waals surface area contributed by atoms with Crippen LogP contribution >= 0.6 is 0 Å². The molecule has 5 radical (unpaired) electrons. The summed E-state index contributed by atoms with van der Waals surface area (Å²) >= 11 is 0. The highest BCUT2D eigenvalue weighted by atomic mass is 14.4. The minimum Gasteiger partial charge on any atom is -0.0617 e. The number of hydrogen-bond donors (Lipinski definition) is 0. The van der Waals surface area contributed by atoms with Gasteiger partial charge < -0.3 is 0 Å². The van der Waals surface area contributed by atoms with Crippen LogP contribution in [-0.4, -0.2) is 0 Å². The summed E-state index contributed by atoms with van der Waals surface area (Å²) in [4.78, 5) is 0. The minimum absolute atomic E-state index is 0.778. The zero-order chi connectivity index (χ0) is 6.27. The van der Waals surface area contributed by atoms with E-state index in [-0.39, 0.29) is 0 Å². The number of hydrogen-bond acceptors (Lipinski definition) is 0. The second-order valence-electron chi connectivity index (χ2n) is 2.85. The third kappa shape index (κ3) is 0.798. The van der Waals surface area contributed by atoms with Crippen molar-refractivity contribution in [3.63, 3.8) is 0 Å². The molecule has 2 fully saturated rings. The summed E-state index contributed by atoms with van der Waals surface area (Å²) in [7, 11) is 0. The average Bonchev–Trinajstić information content (AvgIpc) is 2.45. The van der Waals surface area contributed by atoms with Crippen LogP contribution in [0.2, 0.25) is 0 Å². The highest BCUT2D eigenvalue weighted by Gasteiger charge is 2.39. The molecule has 2 aliphatic rings. The van der Waals surface area contributed by atoms with Gasteiger partial charge in [0.05, 0.1) is 0 Å². The summed E-state index contributed by atoms with van der Waals surface area (Å²) in [5.41, 5.74) is 0. The van der Waals surface area contributed by atoms with E-state index in [1.54, 1.807) is 5.92 Å². The summed E-state index contributed by atoms with van der Waals surface area (Å²) in [6, 6.07) is 0. The maximum atomic E-state index is 2.38.